The third-order valence-electron chi connectivity index (χ3n) is 12.1. The molecule has 20 nitrogen and oxygen atoms in total. The van der Waals surface area contributed by atoms with Gasteiger partial charge in [-0.1, -0.05) is 58.7 Å². The van der Waals surface area contributed by atoms with Crippen LogP contribution in [0.5, 0.6) is 0 Å². The second kappa shape index (κ2) is 24.6. The van der Waals surface area contributed by atoms with Gasteiger partial charge in [0, 0.05) is 90.3 Å². The molecule has 0 unspecified atom stereocenters. The minimum Gasteiger partial charge on any atom is -0.399 e. The van der Waals surface area contributed by atoms with Crippen LogP contribution in [0.2, 0.25) is 0 Å². The van der Waals surface area contributed by atoms with Crippen molar-refractivity contribution in [3.63, 3.8) is 0 Å². The van der Waals surface area contributed by atoms with E-state index in [4.69, 9.17) is 20.9 Å². The minimum absolute atomic E-state index is 0. The van der Waals surface area contributed by atoms with Crippen LogP contribution in [-0.4, -0.2) is 119 Å². The third kappa shape index (κ3) is 13.0. The van der Waals surface area contributed by atoms with Gasteiger partial charge in [0.05, 0.1) is 55.0 Å². The second-order valence-corrected chi connectivity index (χ2v) is 17.3. The monoisotopic (exact) mass is 1010 g/mol. The number of aromatic nitrogens is 12. The number of carbonyl (C=O) groups excluding carboxylic acids is 1. The van der Waals surface area contributed by atoms with E-state index in [1.165, 1.54) is 0 Å². The van der Waals surface area contributed by atoms with Gasteiger partial charge in [0.15, 0.2) is 5.82 Å². The van der Waals surface area contributed by atoms with E-state index >= 15 is 0 Å². The number of aromatic amines is 4. The summed E-state index contributed by atoms with van der Waals surface area (Å²) in [6, 6.07) is 31.3. The van der Waals surface area contributed by atoms with E-state index in [2.05, 4.69) is 87.5 Å². The van der Waals surface area contributed by atoms with E-state index < -0.39 is 0 Å². The summed E-state index contributed by atoms with van der Waals surface area (Å²) in [5.41, 5.74) is 24.3. The van der Waals surface area contributed by atoms with Gasteiger partial charge in [-0.05, 0) is 79.1 Å². The van der Waals surface area contributed by atoms with Crippen molar-refractivity contribution in [2.45, 2.75) is 42.5 Å². The van der Waals surface area contributed by atoms with Crippen molar-refractivity contribution in [2.75, 3.05) is 79.2 Å². The lowest BCUT2D eigenvalue weighted by Crippen LogP contribution is -2.36. The molecule has 12 rings (SSSR count). The predicted molar refractivity (Wildman–Crippen MR) is 299 cm³/mol. The highest BCUT2D eigenvalue weighted by atomic mass is 16.5. The molecule has 2 aliphatic heterocycles. The zero-order valence-electron chi connectivity index (χ0n) is 39.8. The number of hydrogen-bond donors (Lipinski definition) is 7. The van der Waals surface area contributed by atoms with Crippen LogP contribution in [0.1, 0.15) is 39.2 Å². The highest BCUT2D eigenvalue weighted by molar-refractivity contribution is 5.94. The van der Waals surface area contributed by atoms with Crippen molar-refractivity contribution in [3.05, 3.63) is 139 Å². The Hall–Kier alpha value is -9.01. The lowest BCUT2D eigenvalue weighted by Gasteiger charge is -2.27. The summed E-state index contributed by atoms with van der Waals surface area (Å²) in [5, 5.41) is 18.8. The maximum absolute atomic E-state index is 12.6. The zero-order chi connectivity index (χ0) is 49.4. The van der Waals surface area contributed by atoms with Crippen molar-refractivity contribution >= 4 is 56.9 Å². The largest absolute Gasteiger partial charge is 0.399 e. The molecule has 388 valence electrons. The van der Waals surface area contributed by atoms with Crippen LogP contribution < -0.4 is 26.6 Å². The number of ether oxygens (including phenoxy) is 2. The highest BCUT2D eigenvalue weighted by Gasteiger charge is 2.20. The number of benzene rings is 2. The predicted octanol–water partition coefficient (Wildman–Crippen LogP) is 9.05. The van der Waals surface area contributed by atoms with E-state index in [9.17, 15) is 4.79 Å². The molecule has 75 heavy (non-hydrogen) atoms. The second-order valence-electron chi connectivity index (χ2n) is 17.3. The van der Waals surface area contributed by atoms with Crippen LogP contribution in [0.4, 0.5) is 29.0 Å². The number of amides is 1. The molecule has 10 aromatic rings. The Labute approximate surface area is 435 Å². The lowest BCUT2D eigenvalue weighted by molar-refractivity contribution is -0.115. The van der Waals surface area contributed by atoms with Gasteiger partial charge in [-0.3, -0.25) is 25.0 Å². The van der Waals surface area contributed by atoms with E-state index in [1.54, 1.807) is 31.1 Å². The minimum atomic E-state index is -0.132. The first-order valence-corrected chi connectivity index (χ1v) is 23.5. The number of nitrogens with two attached hydrogens (primary N) is 2. The lowest BCUT2D eigenvalue weighted by atomic mass is 10.1. The molecule has 20 heteroatoms. The molecule has 1 amide bonds. The fourth-order valence-electron chi connectivity index (χ4n) is 8.50. The van der Waals surface area contributed by atoms with Gasteiger partial charge in [-0.2, -0.15) is 10.2 Å². The maximum Gasteiger partial charge on any atom is 0.229 e. The average molecular weight is 1010 g/mol. The van der Waals surface area contributed by atoms with Crippen molar-refractivity contribution in [3.8, 4) is 45.0 Å². The number of anilines is 5. The quantitative estimate of drug-likeness (QED) is 0.0665. The molecule has 2 aliphatic rings. The topological polar surface area (TPSA) is 272 Å². The number of aryl methyl sites for hydroxylation is 2. The van der Waals surface area contributed by atoms with E-state index in [0.717, 1.165) is 141 Å². The first-order valence-electron chi connectivity index (χ1n) is 23.5. The molecule has 9 N–H and O–H groups in total. The van der Waals surface area contributed by atoms with Crippen molar-refractivity contribution < 1.29 is 14.3 Å². The molecule has 2 aromatic carbocycles. The van der Waals surface area contributed by atoms with Crippen molar-refractivity contribution in [1.29, 1.82) is 0 Å². The summed E-state index contributed by atoms with van der Waals surface area (Å²) in [6.07, 6.45) is 6.96. The number of rotatable bonds is 9. The van der Waals surface area contributed by atoms with Crippen LogP contribution in [0.3, 0.4) is 0 Å². The molecule has 2 saturated heterocycles. The Morgan fingerprint density at radius 2 is 1.04 bits per heavy atom. The van der Waals surface area contributed by atoms with Crippen LogP contribution in [0.25, 0.3) is 67.1 Å². The molecular formula is C55H65N17O3. The number of pyridine rings is 2. The average Bonchev–Trinajstić information content (AvgIpc) is 4.25. The van der Waals surface area contributed by atoms with Gasteiger partial charge in [0.1, 0.15) is 41.4 Å². The summed E-state index contributed by atoms with van der Waals surface area (Å²) in [6.45, 7) is 10.1. The number of fused-ring (bicyclic) bond motifs is 2. The number of hydrogen-bond acceptors (Lipinski definition) is 15. The SMILES string of the molecule is C.C.C.Cc1cc(-c2cc(N)n[nH]2)ccn1.Cc1cc(-c2cc(NC(=O)Cc3ccc(-c4cc5c(N6CCOCC6)ncnc5[nH]4)cc3)n[nH]2)ccn1.Nc1ccc(-c2cc3c(N4CCOCC4)ncnc3[nH]2)cc1. The van der Waals surface area contributed by atoms with Gasteiger partial charge in [-0.15, -0.1) is 0 Å². The molecular weight excluding hydrogens is 947 g/mol. The van der Waals surface area contributed by atoms with Crippen LogP contribution in [0, 0.1) is 13.8 Å². The molecule has 0 spiro atoms. The van der Waals surface area contributed by atoms with E-state index in [0.29, 0.717) is 24.8 Å². The van der Waals surface area contributed by atoms with Crippen LogP contribution >= 0.6 is 0 Å². The summed E-state index contributed by atoms with van der Waals surface area (Å²) in [5.74, 6) is 2.74. The van der Waals surface area contributed by atoms with Gasteiger partial charge >= 0.3 is 0 Å². The molecule has 2 fully saturated rings. The molecule has 10 heterocycles. The summed E-state index contributed by atoms with van der Waals surface area (Å²) in [4.78, 5) is 49.9. The van der Waals surface area contributed by atoms with Gasteiger partial charge in [0.25, 0.3) is 0 Å². The number of H-pyrrole nitrogens is 4. The van der Waals surface area contributed by atoms with Gasteiger partial charge in [0.2, 0.25) is 5.91 Å². The Morgan fingerprint density at radius 3 is 1.52 bits per heavy atom. The molecule has 0 atom stereocenters. The van der Waals surface area contributed by atoms with Crippen LogP contribution in [0.15, 0.2) is 122 Å². The van der Waals surface area contributed by atoms with E-state index in [-0.39, 0.29) is 34.6 Å². The summed E-state index contributed by atoms with van der Waals surface area (Å²) < 4.78 is 10.9. The first-order chi connectivity index (χ1) is 35.2. The molecule has 0 aliphatic carbocycles. The standard InChI is InChI=1S/C27H26N8O2.C16H17N5O.C9H10N4.3CH4/c1-17-12-20(6-7-28-17)23-15-24(34-33-23)32-25(36)13-18-2-4-19(5-3-18)22-14-21-26(31-22)29-16-30-27(21)35-8-10-37-11-9-35;17-12-3-1-11(2-4-12)14-9-13-15(20-14)18-10-19-16(13)21-5-7-22-8-6-21;1-6-4-7(2-3-11-6)8-5-9(10)13-12-8;;;/h2-7,12,14-16H,8-11,13H2,1H3,(H,29,30,31)(H2,32,33,34,36);1-4,9-10H,5-8,17H2,(H,18,19,20);2-5H,1H3,(H3,10,12,13);3*1H4. The number of morpholine rings is 2. The molecule has 0 bridgehead atoms. The number of nitrogen functional groups attached to an aromatic ring is 2. The Bertz CT molecular complexity index is 3420. The number of carbonyl (C=O) groups is 1. The van der Waals surface area contributed by atoms with E-state index in [1.807, 2.05) is 92.7 Å². The smallest absolute Gasteiger partial charge is 0.229 e. The van der Waals surface area contributed by atoms with Crippen LogP contribution in [-0.2, 0) is 20.7 Å². The molecule has 0 saturated carbocycles. The number of nitrogens with one attached hydrogen (secondary N) is 5. The fraction of sp³-hybridized carbons (Fsp3) is 0.255. The Kier molecular flexibility index (Phi) is 17.6. The Morgan fingerprint density at radius 1 is 0.560 bits per heavy atom. The summed E-state index contributed by atoms with van der Waals surface area (Å²) in [7, 11) is 0. The third-order valence-corrected chi connectivity index (χ3v) is 12.1. The number of nitrogens with zero attached hydrogens (tertiary/aromatic N) is 10. The molecule has 0 radical (unpaired) electrons. The highest BCUT2D eigenvalue weighted by Crippen LogP contribution is 2.31. The zero-order valence-corrected chi connectivity index (χ0v) is 39.8. The van der Waals surface area contributed by atoms with Crippen molar-refractivity contribution in [1.82, 2.24) is 60.3 Å². The maximum atomic E-state index is 12.6. The summed E-state index contributed by atoms with van der Waals surface area (Å²) >= 11 is 0. The normalized spacial score (nSPS) is 13.0. The Balaban J connectivity index is 0.000000183. The molecule has 8 aromatic heterocycles. The van der Waals surface area contributed by atoms with Gasteiger partial charge < -0.3 is 46.0 Å². The first kappa shape index (κ1) is 53.8. The fourth-order valence-corrected chi connectivity index (χ4v) is 8.50. The van der Waals surface area contributed by atoms with Crippen molar-refractivity contribution in [2.24, 2.45) is 0 Å². The van der Waals surface area contributed by atoms with Gasteiger partial charge in [-0.25, -0.2) is 19.9 Å².